The van der Waals surface area contributed by atoms with E-state index >= 15 is 0 Å². The summed E-state index contributed by atoms with van der Waals surface area (Å²) in [5, 5.41) is 36.3. The first-order valence-electron chi connectivity index (χ1n) is 12.7. The molecule has 1 aliphatic carbocycles. The molecule has 0 aliphatic heterocycles. The van der Waals surface area contributed by atoms with Crippen LogP contribution in [0.15, 0.2) is 67.0 Å². The normalized spacial score (nSPS) is 14.2. The lowest BCUT2D eigenvalue weighted by molar-refractivity contribution is 0.610. The largest absolute Gasteiger partial charge is 0.378 e. The quantitative estimate of drug-likeness (QED) is 0.225. The van der Waals surface area contributed by atoms with Gasteiger partial charge in [0.25, 0.3) is 0 Å². The monoisotopic (exact) mass is 580 g/mol. The number of hydrogen-bond acceptors (Lipinski definition) is 7. The molecule has 1 saturated carbocycles. The molecule has 12 heteroatoms. The molecule has 1 fully saturated rings. The van der Waals surface area contributed by atoms with Gasteiger partial charge in [0.15, 0.2) is 0 Å². The fourth-order valence-electron chi connectivity index (χ4n) is 4.81. The van der Waals surface area contributed by atoms with E-state index in [9.17, 15) is 14.9 Å². The third kappa shape index (κ3) is 4.93. The first-order valence-corrected chi connectivity index (χ1v) is 13.5. The molecule has 41 heavy (non-hydrogen) atoms. The second-order valence-corrected chi connectivity index (χ2v) is 10.8. The summed E-state index contributed by atoms with van der Waals surface area (Å²) in [5.74, 6) is -0.352. The van der Waals surface area contributed by atoms with Crippen LogP contribution in [0.1, 0.15) is 41.3 Å². The van der Waals surface area contributed by atoms with Gasteiger partial charge in [0.1, 0.15) is 31.5 Å². The molecule has 1 aliphatic rings. The van der Waals surface area contributed by atoms with E-state index in [4.69, 9.17) is 23.2 Å². The van der Waals surface area contributed by atoms with Crippen LogP contribution in [-0.2, 0) is 5.44 Å². The maximum absolute atomic E-state index is 13.9. The Morgan fingerprint density at radius 1 is 1.05 bits per heavy atom. The van der Waals surface area contributed by atoms with Crippen molar-refractivity contribution in [2.75, 3.05) is 10.6 Å². The Kier molecular flexibility index (Phi) is 6.74. The Labute approximate surface area is 245 Å². The highest BCUT2D eigenvalue weighted by atomic mass is 35.5. The van der Waals surface area contributed by atoms with E-state index in [2.05, 4.69) is 38.1 Å². The second kappa shape index (κ2) is 10.4. The maximum Gasteiger partial charge on any atom is 0.148 e. The molecule has 0 saturated heterocycles. The number of nitriles is 2. The van der Waals surface area contributed by atoms with Crippen molar-refractivity contribution in [2.45, 2.75) is 24.3 Å². The molecule has 3 aromatic carbocycles. The van der Waals surface area contributed by atoms with Crippen LogP contribution in [0.3, 0.4) is 0 Å². The Balaban J connectivity index is 1.49. The minimum absolute atomic E-state index is 0.242. The van der Waals surface area contributed by atoms with Crippen LogP contribution in [-0.4, -0.2) is 27.8 Å². The molecule has 0 bridgehead atoms. The summed E-state index contributed by atoms with van der Waals surface area (Å²) in [4.78, 5) is 4.43. The Morgan fingerprint density at radius 2 is 1.83 bits per heavy atom. The summed E-state index contributed by atoms with van der Waals surface area (Å²) < 4.78 is 15.7. The maximum atomic E-state index is 13.9. The zero-order valence-corrected chi connectivity index (χ0v) is 23.2. The molecule has 8 nitrogen and oxygen atoms in total. The molecule has 2 heterocycles. The first kappa shape index (κ1) is 26.6. The number of hydrogen-bond donors (Lipinski definition) is 2. The number of anilines is 3. The van der Waals surface area contributed by atoms with Crippen molar-refractivity contribution in [3.05, 3.63) is 105 Å². The third-order valence-corrected chi connectivity index (χ3v) is 7.79. The smallest absolute Gasteiger partial charge is 0.148 e. The lowest BCUT2D eigenvalue weighted by atomic mass is 9.69. The van der Waals surface area contributed by atoms with Crippen molar-refractivity contribution in [3.63, 3.8) is 0 Å². The fourth-order valence-corrected chi connectivity index (χ4v) is 5.29. The summed E-state index contributed by atoms with van der Waals surface area (Å²) in [6.45, 7) is 0. The van der Waals surface area contributed by atoms with E-state index in [0.717, 1.165) is 18.4 Å². The van der Waals surface area contributed by atoms with Crippen molar-refractivity contribution >= 4 is 59.0 Å². The molecule has 1 unspecified atom stereocenters. The van der Waals surface area contributed by atoms with Crippen LogP contribution in [0.5, 0.6) is 0 Å². The predicted molar refractivity (Wildman–Crippen MR) is 159 cm³/mol. The van der Waals surface area contributed by atoms with Crippen molar-refractivity contribution < 1.29 is 4.39 Å². The number of nitrogens with one attached hydrogen (secondary N) is 2. The summed E-state index contributed by atoms with van der Waals surface area (Å²) in [7, 11) is 1.94. The van der Waals surface area contributed by atoms with Crippen molar-refractivity contribution in [1.29, 1.82) is 10.5 Å². The zero-order chi connectivity index (χ0) is 28.7. The van der Waals surface area contributed by atoms with Crippen LogP contribution in [0.4, 0.5) is 21.5 Å². The molecule has 200 valence electrons. The minimum atomic E-state index is -0.924. The fraction of sp³-hybridized carbons (Fsp3) is 0.138. The number of aromatic nitrogens is 4. The number of nitrogens with zero attached hydrogens (tertiary/aromatic N) is 6. The van der Waals surface area contributed by atoms with Gasteiger partial charge in [0, 0.05) is 17.3 Å². The molecule has 0 spiro atoms. The van der Waals surface area contributed by atoms with Gasteiger partial charge >= 0.3 is 0 Å². The average Bonchev–Trinajstić information content (AvgIpc) is 3.69. The zero-order valence-electron chi connectivity index (χ0n) is 21.7. The number of benzene rings is 3. The van der Waals surface area contributed by atoms with Crippen LogP contribution < -0.4 is 10.6 Å². The summed E-state index contributed by atoms with van der Waals surface area (Å²) >= 11 is 13.0. The van der Waals surface area contributed by atoms with Gasteiger partial charge in [-0.05, 0) is 54.8 Å². The third-order valence-electron chi connectivity index (χ3n) is 7.19. The summed E-state index contributed by atoms with van der Waals surface area (Å²) in [6, 6.07) is 19.4. The first-order chi connectivity index (χ1) is 19.8. The number of halogens is 3. The lowest BCUT2D eigenvalue weighted by Gasteiger charge is -2.31. The van der Waals surface area contributed by atoms with Crippen LogP contribution >= 0.6 is 23.2 Å². The standard InChI is InChI=1S/C29H20BCl2FN8/c30-29(17-4-6-18(33)7-5-17,26-15-41(40-39-26)20-8-9-20)38-19-10-21-27(16(12-34)14-36-28(21)24(32)11-19)37-25-3-1-2-23(31)22(25)13-35/h1-7,10-11,14-15,20,38H,8-9,30H2,(H,36,37). The van der Waals surface area contributed by atoms with Gasteiger partial charge in [-0.2, -0.15) is 10.5 Å². The molecule has 1 atom stereocenters. The number of pyridine rings is 1. The Morgan fingerprint density at radius 3 is 2.54 bits per heavy atom. The lowest BCUT2D eigenvalue weighted by Crippen LogP contribution is -2.37. The van der Waals surface area contributed by atoms with Crippen LogP contribution in [0, 0.1) is 28.5 Å². The van der Waals surface area contributed by atoms with Gasteiger partial charge in [-0.15, -0.1) is 5.10 Å². The van der Waals surface area contributed by atoms with Gasteiger partial charge < -0.3 is 10.6 Å². The average molecular weight is 581 g/mol. The Bertz CT molecular complexity index is 1890. The molecule has 5 aromatic rings. The molecule has 2 aromatic heterocycles. The summed E-state index contributed by atoms with van der Waals surface area (Å²) in [6.07, 6.45) is 5.43. The second-order valence-electron chi connectivity index (χ2n) is 9.98. The molecule has 6 rings (SSSR count). The van der Waals surface area contributed by atoms with Gasteiger partial charge in [0.2, 0.25) is 0 Å². The predicted octanol–water partition coefficient (Wildman–Crippen LogP) is 6.04. The van der Waals surface area contributed by atoms with Crippen molar-refractivity contribution in [3.8, 4) is 12.1 Å². The number of fused-ring (bicyclic) bond motifs is 1. The summed E-state index contributed by atoms with van der Waals surface area (Å²) in [5.41, 5.74) is 2.90. The van der Waals surface area contributed by atoms with Crippen molar-refractivity contribution in [2.24, 2.45) is 0 Å². The highest BCUT2D eigenvalue weighted by molar-refractivity contribution is 6.36. The number of rotatable bonds is 7. The Hall–Kier alpha value is -4.64. The molecule has 0 amide bonds. The minimum Gasteiger partial charge on any atom is -0.378 e. The SMILES string of the molecule is BC(Nc1cc(Cl)c2ncc(C#N)c(Nc3cccc(Cl)c3C#N)c2c1)(c1ccc(F)cc1)c1cn(C2CC2)nn1. The van der Waals surface area contributed by atoms with Gasteiger partial charge in [-0.3, -0.25) is 4.98 Å². The van der Waals surface area contributed by atoms with E-state index < -0.39 is 5.44 Å². The van der Waals surface area contributed by atoms with Crippen LogP contribution in [0.2, 0.25) is 10.0 Å². The topological polar surface area (TPSA) is 115 Å². The van der Waals surface area contributed by atoms with E-state index in [1.54, 1.807) is 36.4 Å². The van der Waals surface area contributed by atoms with Gasteiger partial charge in [-0.1, -0.05) is 46.6 Å². The van der Waals surface area contributed by atoms with E-state index in [1.807, 2.05) is 24.8 Å². The highest BCUT2D eigenvalue weighted by Crippen LogP contribution is 2.39. The molecular weight excluding hydrogens is 561 g/mol. The van der Waals surface area contributed by atoms with Gasteiger partial charge in [0.05, 0.1) is 55.7 Å². The molecule has 0 radical (unpaired) electrons. The molecule has 2 N–H and O–H groups in total. The molecular formula is C29H20BCl2FN8. The van der Waals surface area contributed by atoms with E-state index in [1.165, 1.54) is 18.3 Å². The highest BCUT2D eigenvalue weighted by Gasteiger charge is 2.34. The van der Waals surface area contributed by atoms with Crippen LogP contribution in [0.25, 0.3) is 10.9 Å². The van der Waals surface area contributed by atoms with Gasteiger partial charge in [-0.25, -0.2) is 9.07 Å². The van der Waals surface area contributed by atoms with Crippen molar-refractivity contribution in [1.82, 2.24) is 20.0 Å². The van der Waals surface area contributed by atoms with E-state index in [0.29, 0.717) is 44.7 Å². The van der Waals surface area contributed by atoms with E-state index in [-0.39, 0.29) is 22.0 Å².